The van der Waals surface area contributed by atoms with E-state index < -0.39 is 0 Å². The Kier molecular flexibility index (Phi) is 3.64. The Morgan fingerprint density at radius 2 is 2.24 bits per heavy atom. The van der Waals surface area contributed by atoms with Crippen LogP contribution < -0.4 is 4.90 Å². The number of halogens is 1. The largest absolute Gasteiger partial charge is 0.467 e. The zero-order valence-corrected chi connectivity index (χ0v) is 10.6. The van der Waals surface area contributed by atoms with Crippen LogP contribution in [0.4, 0.5) is 5.82 Å². The summed E-state index contributed by atoms with van der Waals surface area (Å²) in [6.07, 6.45) is 2.43. The summed E-state index contributed by atoms with van der Waals surface area (Å²) in [7, 11) is 1.95. The van der Waals surface area contributed by atoms with Gasteiger partial charge in [-0.3, -0.25) is 0 Å². The van der Waals surface area contributed by atoms with E-state index >= 15 is 0 Å². The summed E-state index contributed by atoms with van der Waals surface area (Å²) in [5.74, 6) is 2.44. The van der Waals surface area contributed by atoms with E-state index in [2.05, 4.69) is 9.97 Å². The summed E-state index contributed by atoms with van der Waals surface area (Å²) in [4.78, 5) is 10.5. The summed E-state index contributed by atoms with van der Waals surface area (Å²) in [5, 5.41) is 0.471. The van der Waals surface area contributed by atoms with E-state index in [-0.39, 0.29) is 0 Å². The lowest BCUT2D eigenvalue weighted by molar-refractivity contribution is 0.506. The molecule has 0 radical (unpaired) electrons. The Morgan fingerprint density at radius 1 is 1.41 bits per heavy atom. The van der Waals surface area contributed by atoms with Gasteiger partial charge in [-0.05, 0) is 12.1 Å². The normalized spacial score (nSPS) is 10.5. The van der Waals surface area contributed by atoms with Gasteiger partial charge in [0.2, 0.25) is 0 Å². The van der Waals surface area contributed by atoms with Gasteiger partial charge in [-0.15, -0.1) is 0 Å². The molecule has 2 aromatic rings. The highest BCUT2D eigenvalue weighted by Gasteiger charge is 2.08. The minimum absolute atomic E-state index is 0.471. The molecule has 90 valence electrons. The first-order valence-corrected chi connectivity index (χ1v) is 5.84. The van der Waals surface area contributed by atoms with Crippen molar-refractivity contribution in [3.05, 3.63) is 41.2 Å². The summed E-state index contributed by atoms with van der Waals surface area (Å²) >= 11 is 5.95. The van der Waals surface area contributed by atoms with Crippen molar-refractivity contribution in [2.24, 2.45) is 0 Å². The van der Waals surface area contributed by atoms with Crippen molar-refractivity contribution in [2.45, 2.75) is 19.9 Å². The smallest absolute Gasteiger partial charge is 0.134 e. The van der Waals surface area contributed by atoms with E-state index in [1.165, 1.54) is 0 Å². The van der Waals surface area contributed by atoms with Crippen LogP contribution in [0.2, 0.25) is 5.15 Å². The number of anilines is 1. The number of rotatable bonds is 4. The van der Waals surface area contributed by atoms with Crippen LogP contribution in [0.3, 0.4) is 0 Å². The SMILES string of the molecule is CCc1nc(Cl)cc(N(C)Cc2ccco2)n1. The summed E-state index contributed by atoms with van der Waals surface area (Å²) in [5.41, 5.74) is 0. The standard InChI is InChI=1S/C12H14ClN3O/c1-3-11-14-10(13)7-12(15-11)16(2)8-9-5-4-6-17-9/h4-7H,3,8H2,1-2H3. The molecule has 0 saturated heterocycles. The molecule has 0 bridgehead atoms. The first kappa shape index (κ1) is 11.9. The molecule has 4 nitrogen and oxygen atoms in total. The van der Waals surface area contributed by atoms with Crippen LogP contribution in [-0.2, 0) is 13.0 Å². The van der Waals surface area contributed by atoms with Crippen LogP contribution in [0.25, 0.3) is 0 Å². The van der Waals surface area contributed by atoms with Crippen LogP contribution in [0, 0.1) is 0 Å². The van der Waals surface area contributed by atoms with Crippen LogP contribution in [0.15, 0.2) is 28.9 Å². The number of hydrogen-bond acceptors (Lipinski definition) is 4. The minimum atomic E-state index is 0.471. The zero-order valence-electron chi connectivity index (χ0n) is 9.85. The molecule has 0 aliphatic carbocycles. The Hall–Kier alpha value is -1.55. The highest BCUT2D eigenvalue weighted by atomic mass is 35.5. The molecule has 2 aromatic heterocycles. The fourth-order valence-corrected chi connectivity index (χ4v) is 1.72. The third kappa shape index (κ3) is 2.97. The maximum absolute atomic E-state index is 5.95. The van der Waals surface area contributed by atoms with Gasteiger partial charge in [0.25, 0.3) is 0 Å². The fourth-order valence-electron chi connectivity index (χ4n) is 1.52. The van der Waals surface area contributed by atoms with E-state index in [4.69, 9.17) is 16.0 Å². The molecule has 0 aliphatic heterocycles. The topological polar surface area (TPSA) is 42.2 Å². The molecular weight excluding hydrogens is 238 g/mol. The van der Waals surface area contributed by atoms with Gasteiger partial charge in [0.15, 0.2) is 0 Å². The molecule has 17 heavy (non-hydrogen) atoms. The van der Waals surface area contributed by atoms with Crippen molar-refractivity contribution < 1.29 is 4.42 Å². The second kappa shape index (κ2) is 5.19. The molecule has 0 N–H and O–H groups in total. The van der Waals surface area contributed by atoms with Gasteiger partial charge in [-0.25, -0.2) is 9.97 Å². The molecule has 2 heterocycles. The average molecular weight is 252 g/mol. The zero-order chi connectivity index (χ0) is 12.3. The Balaban J connectivity index is 2.18. The first-order valence-electron chi connectivity index (χ1n) is 5.46. The van der Waals surface area contributed by atoms with Gasteiger partial charge in [0.1, 0.15) is 22.6 Å². The van der Waals surface area contributed by atoms with Crippen molar-refractivity contribution in [1.82, 2.24) is 9.97 Å². The molecule has 0 atom stereocenters. The van der Waals surface area contributed by atoms with Crippen molar-refractivity contribution in [1.29, 1.82) is 0 Å². The number of aromatic nitrogens is 2. The molecule has 0 spiro atoms. The van der Waals surface area contributed by atoms with Crippen molar-refractivity contribution in [3.8, 4) is 0 Å². The van der Waals surface area contributed by atoms with Crippen molar-refractivity contribution in [3.63, 3.8) is 0 Å². The summed E-state index contributed by atoms with van der Waals surface area (Å²) in [6.45, 7) is 2.66. The molecule has 0 aromatic carbocycles. The molecule has 0 unspecified atom stereocenters. The van der Waals surface area contributed by atoms with Crippen LogP contribution in [0.1, 0.15) is 18.5 Å². The summed E-state index contributed by atoms with van der Waals surface area (Å²) in [6, 6.07) is 5.55. The number of aryl methyl sites for hydroxylation is 1. The van der Waals surface area contributed by atoms with E-state index in [1.54, 1.807) is 12.3 Å². The molecular formula is C12H14ClN3O. The Labute approximate surface area is 105 Å². The highest BCUT2D eigenvalue weighted by Crippen LogP contribution is 2.17. The summed E-state index contributed by atoms with van der Waals surface area (Å²) < 4.78 is 5.29. The Bertz CT molecular complexity index is 485. The van der Waals surface area contributed by atoms with E-state index in [9.17, 15) is 0 Å². The van der Waals surface area contributed by atoms with Gasteiger partial charge >= 0.3 is 0 Å². The second-order valence-electron chi connectivity index (χ2n) is 3.75. The number of furan rings is 1. The monoisotopic (exact) mass is 251 g/mol. The molecule has 0 fully saturated rings. The quantitative estimate of drug-likeness (QED) is 0.784. The van der Waals surface area contributed by atoms with E-state index in [0.717, 1.165) is 23.8 Å². The van der Waals surface area contributed by atoms with Gasteiger partial charge < -0.3 is 9.32 Å². The van der Waals surface area contributed by atoms with Gasteiger partial charge in [0, 0.05) is 19.5 Å². The molecule has 0 amide bonds. The fraction of sp³-hybridized carbons (Fsp3) is 0.333. The lowest BCUT2D eigenvalue weighted by atomic mass is 10.4. The van der Waals surface area contributed by atoms with Crippen molar-refractivity contribution in [2.75, 3.05) is 11.9 Å². The van der Waals surface area contributed by atoms with Crippen LogP contribution in [0.5, 0.6) is 0 Å². The van der Waals surface area contributed by atoms with E-state index in [1.807, 2.05) is 31.0 Å². The highest BCUT2D eigenvalue weighted by molar-refractivity contribution is 6.29. The van der Waals surface area contributed by atoms with E-state index in [0.29, 0.717) is 11.7 Å². The lowest BCUT2D eigenvalue weighted by Crippen LogP contribution is -2.18. The first-order chi connectivity index (χ1) is 8.19. The molecule has 0 saturated carbocycles. The minimum Gasteiger partial charge on any atom is -0.467 e. The van der Waals surface area contributed by atoms with Crippen LogP contribution >= 0.6 is 11.6 Å². The predicted octanol–water partition coefficient (Wildman–Crippen LogP) is 2.92. The maximum Gasteiger partial charge on any atom is 0.134 e. The third-order valence-electron chi connectivity index (χ3n) is 2.41. The molecule has 2 rings (SSSR count). The molecule has 0 aliphatic rings. The lowest BCUT2D eigenvalue weighted by Gasteiger charge is -2.17. The van der Waals surface area contributed by atoms with Gasteiger partial charge in [-0.2, -0.15) is 0 Å². The number of hydrogen-bond donors (Lipinski definition) is 0. The van der Waals surface area contributed by atoms with Crippen LogP contribution in [-0.4, -0.2) is 17.0 Å². The Morgan fingerprint density at radius 3 is 2.88 bits per heavy atom. The van der Waals surface area contributed by atoms with Crippen molar-refractivity contribution >= 4 is 17.4 Å². The number of nitrogens with zero attached hydrogens (tertiary/aromatic N) is 3. The maximum atomic E-state index is 5.95. The second-order valence-corrected chi connectivity index (χ2v) is 4.14. The average Bonchev–Trinajstić information content (AvgIpc) is 2.81. The van der Waals surface area contributed by atoms with Gasteiger partial charge in [0.05, 0.1) is 12.8 Å². The van der Waals surface area contributed by atoms with Gasteiger partial charge in [-0.1, -0.05) is 18.5 Å². The third-order valence-corrected chi connectivity index (χ3v) is 2.60. The molecule has 5 heteroatoms. The predicted molar refractivity (Wildman–Crippen MR) is 67.2 cm³/mol.